The van der Waals surface area contributed by atoms with Gasteiger partial charge in [0.15, 0.2) is 0 Å². The number of carbonyl (C=O) groups is 2. The van der Waals surface area contributed by atoms with E-state index in [1.54, 1.807) is 30.3 Å². The number of nitrogens with zero attached hydrogens (tertiary/aromatic N) is 2. The molecule has 0 bridgehead atoms. The minimum absolute atomic E-state index is 0.0407. The lowest BCUT2D eigenvalue weighted by atomic mass is 10.1. The third kappa shape index (κ3) is 5.58. The molecule has 0 aliphatic heterocycles. The van der Waals surface area contributed by atoms with Crippen molar-refractivity contribution in [1.29, 1.82) is 5.26 Å². The van der Waals surface area contributed by atoms with Crippen LogP contribution in [0, 0.1) is 31.1 Å². The van der Waals surface area contributed by atoms with Crippen molar-refractivity contribution in [2.75, 3.05) is 10.6 Å². The van der Waals surface area contributed by atoms with Gasteiger partial charge in [-0.05, 0) is 62.2 Å². The number of anilines is 2. The molecule has 0 aliphatic rings. The van der Waals surface area contributed by atoms with E-state index in [9.17, 15) is 14.9 Å². The summed E-state index contributed by atoms with van der Waals surface area (Å²) < 4.78 is 2.18. The summed E-state index contributed by atoms with van der Waals surface area (Å²) in [7, 11) is 0. The Morgan fingerprint density at radius 3 is 2.24 bits per heavy atom. The zero-order valence-corrected chi connectivity index (χ0v) is 17.7. The summed E-state index contributed by atoms with van der Waals surface area (Å²) in [6.45, 7) is 10.7. The number of aryl methyl sites for hydroxylation is 1. The maximum atomic E-state index is 12.6. The Kier molecular flexibility index (Phi) is 7.38. The molecule has 0 fully saturated rings. The van der Waals surface area contributed by atoms with E-state index in [-0.39, 0.29) is 17.4 Å². The van der Waals surface area contributed by atoms with Gasteiger partial charge in [-0.2, -0.15) is 5.26 Å². The molecule has 29 heavy (non-hydrogen) atoms. The second kappa shape index (κ2) is 9.74. The van der Waals surface area contributed by atoms with Crippen LogP contribution in [0.5, 0.6) is 0 Å². The summed E-state index contributed by atoms with van der Waals surface area (Å²) in [6.07, 6.45) is 2.64. The van der Waals surface area contributed by atoms with Gasteiger partial charge in [-0.15, -0.1) is 0 Å². The normalized spacial score (nSPS) is 11.3. The fourth-order valence-corrected chi connectivity index (χ4v) is 2.97. The first-order valence-corrected chi connectivity index (χ1v) is 9.77. The summed E-state index contributed by atoms with van der Waals surface area (Å²) in [6, 6.07) is 10.8. The fourth-order valence-electron chi connectivity index (χ4n) is 2.97. The van der Waals surface area contributed by atoms with Crippen LogP contribution in [0.4, 0.5) is 11.4 Å². The zero-order chi connectivity index (χ0) is 21.6. The van der Waals surface area contributed by atoms with Gasteiger partial charge in [0.05, 0.1) is 0 Å². The van der Waals surface area contributed by atoms with Crippen molar-refractivity contribution in [2.45, 2.75) is 47.6 Å². The molecule has 2 rings (SSSR count). The molecule has 6 heteroatoms. The molecule has 0 atom stereocenters. The topological polar surface area (TPSA) is 86.9 Å². The molecule has 0 radical (unpaired) electrons. The van der Waals surface area contributed by atoms with E-state index in [2.05, 4.69) is 22.1 Å². The molecular formula is C23H28N4O2. The number of amides is 2. The number of hydrogen-bond donors (Lipinski definition) is 2. The Hall–Kier alpha value is -3.33. The van der Waals surface area contributed by atoms with Crippen molar-refractivity contribution in [1.82, 2.24) is 4.57 Å². The molecule has 1 aromatic carbocycles. The Labute approximate surface area is 172 Å². The molecule has 1 aromatic heterocycles. The number of hydrogen-bond acceptors (Lipinski definition) is 3. The van der Waals surface area contributed by atoms with Crippen LogP contribution < -0.4 is 10.6 Å². The van der Waals surface area contributed by atoms with Crippen LogP contribution in [0.2, 0.25) is 0 Å². The summed E-state index contributed by atoms with van der Waals surface area (Å²) in [4.78, 5) is 24.3. The molecule has 0 saturated carbocycles. The lowest BCUT2D eigenvalue weighted by molar-refractivity contribution is -0.119. The van der Waals surface area contributed by atoms with Crippen LogP contribution >= 0.6 is 0 Å². The largest absolute Gasteiger partial charge is 0.349 e. The number of rotatable bonds is 7. The van der Waals surface area contributed by atoms with E-state index in [4.69, 9.17) is 0 Å². The smallest absolute Gasteiger partial charge is 0.266 e. The molecule has 6 nitrogen and oxygen atoms in total. The summed E-state index contributed by atoms with van der Waals surface area (Å²) in [5, 5.41) is 15.0. The first-order chi connectivity index (χ1) is 13.8. The third-order valence-electron chi connectivity index (χ3n) is 4.66. The standard InChI is InChI=1S/C23H28N4O2/c1-6-11-27-16(4)12-18(17(27)5)13-19(14-24)23(29)26-21-9-7-20(8-10-21)25-22(28)15(2)3/h7-10,12-13,15H,6,11H2,1-5H3,(H,25,28)(H,26,29)/b19-13+. The number of carbonyl (C=O) groups excluding carboxylic acids is 2. The Morgan fingerprint density at radius 2 is 1.72 bits per heavy atom. The zero-order valence-electron chi connectivity index (χ0n) is 17.7. The van der Waals surface area contributed by atoms with E-state index < -0.39 is 5.91 Å². The molecule has 1 heterocycles. The summed E-state index contributed by atoms with van der Waals surface area (Å²) in [5.74, 6) is -0.652. The quantitative estimate of drug-likeness (QED) is 0.531. The average Bonchev–Trinajstić information content (AvgIpc) is 2.95. The Bertz CT molecular complexity index is 960. The van der Waals surface area contributed by atoms with Gasteiger partial charge in [0, 0.05) is 35.2 Å². The van der Waals surface area contributed by atoms with E-state index in [0.29, 0.717) is 11.4 Å². The molecule has 0 unspecified atom stereocenters. The van der Waals surface area contributed by atoms with Crippen LogP contribution in [0.3, 0.4) is 0 Å². The number of aromatic nitrogens is 1. The highest BCUT2D eigenvalue weighted by Crippen LogP contribution is 2.20. The second-order valence-electron chi connectivity index (χ2n) is 7.32. The van der Waals surface area contributed by atoms with Gasteiger partial charge in [-0.3, -0.25) is 9.59 Å². The number of benzene rings is 1. The monoisotopic (exact) mass is 392 g/mol. The molecule has 0 aliphatic carbocycles. The van der Waals surface area contributed by atoms with Crippen LogP contribution in [-0.4, -0.2) is 16.4 Å². The van der Waals surface area contributed by atoms with E-state index in [1.807, 2.05) is 39.8 Å². The van der Waals surface area contributed by atoms with Crippen molar-refractivity contribution in [2.24, 2.45) is 5.92 Å². The third-order valence-corrected chi connectivity index (χ3v) is 4.66. The SMILES string of the molecule is CCCn1c(C)cc(/C=C(\C#N)C(=O)Nc2ccc(NC(=O)C(C)C)cc2)c1C. The Balaban J connectivity index is 2.14. The lowest BCUT2D eigenvalue weighted by Gasteiger charge is -2.09. The molecule has 152 valence electrons. The summed E-state index contributed by atoms with van der Waals surface area (Å²) >= 11 is 0. The first kappa shape index (κ1) is 22.0. The van der Waals surface area contributed by atoms with Crippen molar-refractivity contribution >= 4 is 29.3 Å². The van der Waals surface area contributed by atoms with E-state index in [1.165, 1.54) is 0 Å². The Morgan fingerprint density at radius 1 is 1.14 bits per heavy atom. The molecular weight excluding hydrogens is 364 g/mol. The fraction of sp³-hybridized carbons (Fsp3) is 0.348. The maximum Gasteiger partial charge on any atom is 0.266 e. The highest BCUT2D eigenvalue weighted by molar-refractivity contribution is 6.09. The van der Waals surface area contributed by atoms with Crippen molar-refractivity contribution in [3.05, 3.63) is 52.9 Å². The van der Waals surface area contributed by atoms with Crippen LogP contribution in [-0.2, 0) is 16.1 Å². The van der Waals surface area contributed by atoms with Crippen molar-refractivity contribution in [3.63, 3.8) is 0 Å². The van der Waals surface area contributed by atoms with Gasteiger partial charge in [-0.25, -0.2) is 0 Å². The van der Waals surface area contributed by atoms with Gasteiger partial charge in [-0.1, -0.05) is 20.8 Å². The van der Waals surface area contributed by atoms with Crippen LogP contribution in [0.25, 0.3) is 6.08 Å². The molecule has 2 amide bonds. The van der Waals surface area contributed by atoms with Gasteiger partial charge in [0.2, 0.25) is 5.91 Å². The first-order valence-electron chi connectivity index (χ1n) is 9.77. The van der Waals surface area contributed by atoms with Gasteiger partial charge >= 0.3 is 0 Å². The van der Waals surface area contributed by atoms with Crippen LogP contribution in [0.15, 0.2) is 35.9 Å². The predicted octanol–water partition coefficient (Wildman–Crippen LogP) is 4.66. The summed E-state index contributed by atoms with van der Waals surface area (Å²) in [5.41, 5.74) is 4.26. The minimum Gasteiger partial charge on any atom is -0.349 e. The number of nitrogens with one attached hydrogen (secondary N) is 2. The second-order valence-corrected chi connectivity index (χ2v) is 7.32. The highest BCUT2D eigenvalue weighted by atomic mass is 16.2. The molecule has 2 aromatic rings. The average molecular weight is 393 g/mol. The van der Waals surface area contributed by atoms with Gasteiger partial charge < -0.3 is 15.2 Å². The van der Waals surface area contributed by atoms with E-state index in [0.717, 1.165) is 29.9 Å². The van der Waals surface area contributed by atoms with Crippen molar-refractivity contribution in [3.8, 4) is 6.07 Å². The van der Waals surface area contributed by atoms with Gasteiger partial charge in [0.1, 0.15) is 11.6 Å². The number of nitriles is 1. The molecule has 0 saturated heterocycles. The predicted molar refractivity (Wildman–Crippen MR) is 116 cm³/mol. The van der Waals surface area contributed by atoms with Gasteiger partial charge in [0.25, 0.3) is 5.91 Å². The molecule has 0 spiro atoms. The van der Waals surface area contributed by atoms with Crippen molar-refractivity contribution < 1.29 is 9.59 Å². The minimum atomic E-state index is -0.466. The lowest BCUT2D eigenvalue weighted by Crippen LogP contribution is -2.17. The highest BCUT2D eigenvalue weighted by Gasteiger charge is 2.13. The maximum absolute atomic E-state index is 12.6. The van der Waals surface area contributed by atoms with E-state index >= 15 is 0 Å². The van der Waals surface area contributed by atoms with Crippen LogP contribution in [0.1, 0.15) is 44.1 Å². The molecule has 2 N–H and O–H groups in total.